The van der Waals surface area contributed by atoms with Crippen molar-refractivity contribution in [2.24, 2.45) is 0 Å². The highest BCUT2D eigenvalue weighted by atomic mass is 16.4. The van der Waals surface area contributed by atoms with E-state index < -0.39 is 11.9 Å². The standard InChI is InChI=1S/C14H15NO4/c1-9-4-3-5-10(2)13(9)15-8-11(14(18)19)6-7-12(16)17/h3-8,15H,1-2H3,(H,16,17)(H,18,19)/b7-6+,11-8-. The molecule has 5 heteroatoms. The van der Waals surface area contributed by atoms with E-state index in [0.717, 1.165) is 29.0 Å². The van der Waals surface area contributed by atoms with E-state index in [-0.39, 0.29) is 5.57 Å². The molecule has 0 aliphatic heterocycles. The lowest BCUT2D eigenvalue weighted by atomic mass is 10.1. The van der Waals surface area contributed by atoms with Crippen molar-refractivity contribution in [2.75, 3.05) is 5.32 Å². The molecule has 1 aromatic rings. The van der Waals surface area contributed by atoms with E-state index in [1.54, 1.807) is 0 Å². The first-order valence-corrected chi connectivity index (χ1v) is 5.59. The third kappa shape index (κ3) is 4.31. The molecular formula is C14H15NO4. The van der Waals surface area contributed by atoms with Crippen molar-refractivity contribution in [1.29, 1.82) is 0 Å². The lowest BCUT2D eigenvalue weighted by molar-refractivity contribution is -0.132. The van der Waals surface area contributed by atoms with Gasteiger partial charge in [-0.15, -0.1) is 0 Å². The van der Waals surface area contributed by atoms with Gasteiger partial charge in [0.05, 0.1) is 5.57 Å². The van der Waals surface area contributed by atoms with Gasteiger partial charge >= 0.3 is 11.9 Å². The summed E-state index contributed by atoms with van der Waals surface area (Å²) < 4.78 is 0. The summed E-state index contributed by atoms with van der Waals surface area (Å²) in [5, 5.41) is 20.3. The van der Waals surface area contributed by atoms with Crippen LogP contribution in [0.5, 0.6) is 0 Å². The van der Waals surface area contributed by atoms with Crippen LogP contribution in [0, 0.1) is 13.8 Å². The number of nitrogens with one attached hydrogen (secondary N) is 1. The van der Waals surface area contributed by atoms with Crippen LogP contribution in [0.25, 0.3) is 0 Å². The minimum atomic E-state index is -1.20. The highest BCUT2D eigenvalue weighted by Crippen LogP contribution is 2.19. The molecule has 0 saturated heterocycles. The van der Waals surface area contributed by atoms with E-state index in [9.17, 15) is 9.59 Å². The molecule has 0 amide bonds. The molecule has 0 unspecified atom stereocenters. The Kier molecular flexibility index (Phi) is 4.88. The van der Waals surface area contributed by atoms with Gasteiger partial charge in [-0.05, 0) is 31.1 Å². The summed E-state index contributed by atoms with van der Waals surface area (Å²) in [5.41, 5.74) is 2.63. The van der Waals surface area contributed by atoms with Gasteiger partial charge in [-0.2, -0.15) is 0 Å². The Morgan fingerprint density at radius 3 is 2.16 bits per heavy atom. The maximum Gasteiger partial charge on any atom is 0.337 e. The minimum Gasteiger partial charge on any atom is -0.478 e. The number of para-hydroxylation sites is 1. The minimum absolute atomic E-state index is 0.134. The lowest BCUT2D eigenvalue weighted by Crippen LogP contribution is -2.03. The Morgan fingerprint density at radius 2 is 1.68 bits per heavy atom. The highest BCUT2D eigenvalue weighted by Gasteiger charge is 2.05. The third-order valence-corrected chi connectivity index (χ3v) is 2.51. The zero-order valence-corrected chi connectivity index (χ0v) is 10.7. The second-order valence-electron chi connectivity index (χ2n) is 3.99. The first kappa shape index (κ1) is 14.5. The first-order chi connectivity index (χ1) is 8.91. The predicted molar refractivity (Wildman–Crippen MR) is 72.0 cm³/mol. The maximum absolute atomic E-state index is 11.0. The number of aliphatic carboxylic acids is 2. The van der Waals surface area contributed by atoms with Gasteiger partial charge in [-0.3, -0.25) is 0 Å². The van der Waals surface area contributed by atoms with Crippen LogP contribution in [-0.4, -0.2) is 22.2 Å². The predicted octanol–water partition coefficient (Wildman–Crippen LogP) is 2.32. The van der Waals surface area contributed by atoms with E-state index in [1.807, 2.05) is 32.0 Å². The van der Waals surface area contributed by atoms with E-state index in [1.165, 1.54) is 6.20 Å². The molecule has 3 N–H and O–H groups in total. The summed E-state index contributed by atoms with van der Waals surface area (Å²) in [6, 6.07) is 5.70. The molecule has 0 atom stereocenters. The maximum atomic E-state index is 11.0. The number of carboxylic acid groups (broad SMARTS) is 2. The van der Waals surface area contributed by atoms with Crippen molar-refractivity contribution in [3.63, 3.8) is 0 Å². The summed E-state index contributed by atoms with van der Waals surface area (Å²) in [4.78, 5) is 21.3. The van der Waals surface area contributed by atoms with E-state index in [0.29, 0.717) is 0 Å². The molecule has 0 radical (unpaired) electrons. The van der Waals surface area contributed by atoms with Gasteiger partial charge in [0.1, 0.15) is 0 Å². The molecule has 0 fully saturated rings. The van der Waals surface area contributed by atoms with Crippen molar-refractivity contribution >= 4 is 17.6 Å². The third-order valence-electron chi connectivity index (χ3n) is 2.51. The van der Waals surface area contributed by atoms with Crippen molar-refractivity contribution in [3.8, 4) is 0 Å². The number of benzene rings is 1. The van der Waals surface area contributed by atoms with E-state index >= 15 is 0 Å². The van der Waals surface area contributed by atoms with E-state index in [4.69, 9.17) is 10.2 Å². The monoisotopic (exact) mass is 261 g/mol. The number of hydrogen-bond acceptors (Lipinski definition) is 3. The lowest BCUT2D eigenvalue weighted by Gasteiger charge is -2.09. The highest BCUT2D eigenvalue weighted by molar-refractivity contribution is 5.92. The number of carboxylic acids is 2. The van der Waals surface area contributed by atoms with Gasteiger partial charge in [0.25, 0.3) is 0 Å². The van der Waals surface area contributed by atoms with Gasteiger partial charge in [-0.1, -0.05) is 18.2 Å². The molecule has 19 heavy (non-hydrogen) atoms. The van der Waals surface area contributed by atoms with Gasteiger partial charge < -0.3 is 15.5 Å². The number of carbonyl (C=O) groups is 2. The SMILES string of the molecule is Cc1cccc(C)c1N/C=C(/C=C/C(=O)O)C(=O)O. The quantitative estimate of drug-likeness (QED) is 0.559. The summed E-state index contributed by atoms with van der Waals surface area (Å²) in [7, 11) is 0. The molecule has 0 aliphatic carbocycles. The second-order valence-corrected chi connectivity index (χ2v) is 3.99. The number of anilines is 1. The van der Waals surface area contributed by atoms with Crippen LogP contribution < -0.4 is 5.32 Å². The molecule has 0 saturated carbocycles. The number of aryl methyl sites for hydroxylation is 2. The van der Waals surface area contributed by atoms with Crippen LogP contribution in [-0.2, 0) is 9.59 Å². The van der Waals surface area contributed by atoms with Crippen LogP contribution in [0.4, 0.5) is 5.69 Å². The molecule has 0 spiro atoms. The van der Waals surface area contributed by atoms with Gasteiger partial charge in [-0.25, -0.2) is 9.59 Å². The Bertz CT molecular complexity index is 538. The van der Waals surface area contributed by atoms with Crippen LogP contribution in [0.3, 0.4) is 0 Å². The molecule has 5 nitrogen and oxygen atoms in total. The fourth-order valence-corrected chi connectivity index (χ4v) is 1.53. The molecular weight excluding hydrogens is 246 g/mol. The van der Waals surface area contributed by atoms with Crippen LogP contribution in [0.15, 0.2) is 42.1 Å². The Balaban J connectivity index is 2.99. The van der Waals surface area contributed by atoms with Crippen molar-refractivity contribution < 1.29 is 19.8 Å². The van der Waals surface area contributed by atoms with Gasteiger partial charge in [0.15, 0.2) is 0 Å². The van der Waals surface area contributed by atoms with Gasteiger partial charge in [0.2, 0.25) is 0 Å². The van der Waals surface area contributed by atoms with Gasteiger partial charge in [0, 0.05) is 18.0 Å². The van der Waals surface area contributed by atoms with Crippen LogP contribution in [0.2, 0.25) is 0 Å². The topological polar surface area (TPSA) is 86.6 Å². The second kappa shape index (κ2) is 6.39. The summed E-state index contributed by atoms with van der Waals surface area (Å²) in [5.74, 6) is -2.39. The van der Waals surface area contributed by atoms with Crippen LogP contribution >= 0.6 is 0 Å². The fraction of sp³-hybridized carbons (Fsp3) is 0.143. The smallest absolute Gasteiger partial charge is 0.337 e. The molecule has 1 aromatic carbocycles. The molecule has 0 heterocycles. The van der Waals surface area contributed by atoms with Crippen molar-refractivity contribution in [3.05, 3.63) is 53.3 Å². The zero-order valence-electron chi connectivity index (χ0n) is 10.7. The zero-order chi connectivity index (χ0) is 14.4. The molecule has 0 aliphatic rings. The Labute approximate surface area is 110 Å². The van der Waals surface area contributed by atoms with Crippen molar-refractivity contribution in [2.45, 2.75) is 13.8 Å². The summed E-state index contributed by atoms with van der Waals surface area (Å²) >= 11 is 0. The molecule has 100 valence electrons. The number of hydrogen-bond donors (Lipinski definition) is 3. The number of rotatable bonds is 5. The average molecular weight is 261 g/mol. The largest absolute Gasteiger partial charge is 0.478 e. The average Bonchev–Trinajstić information content (AvgIpc) is 2.31. The Hall–Kier alpha value is -2.56. The molecule has 0 aromatic heterocycles. The molecule has 0 bridgehead atoms. The summed E-state index contributed by atoms with van der Waals surface area (Å²) in [6.07, 6.45) is 3.09. The fourth-order valence-electron chi connectivity index (χ4n) is 1.53. The Morgan fingerprint density at radius 1 is 1.11 bits per heavy atom. The molecule has 1 rings (SSSR count). The van der Waals surface area contributed by atoms with Crippen molar-refractivity contribution in [1.82, 2.24) is 0 Å². The van der Waals surface area contributed by atoms with E-state index in [2.05, 4.69) is 5.32 Å². The summed E-state index contributed by atoms with van der Waals surface area (Å²) in [6.45, 7) is 3.80. The van der Waals surface area contributed by atoms with Crippen LogP contribution in [0.1, 0.15) is 11.1 Å². The normalized spacial score (nSPS) is 11.6. The first-order valence-electron chi connectivity index (χ1n) is 5.59.